The van der Waals surface area contributed by atoms with Gasteiger partial charge in [-0.05, 0) is 41.9 Å². The minimum Gasteiger partial charge on any atom is -0.462 e. The van der Waals surface area contributed by atoms with Gasteiger partial charge in [-0.1, -0.05) is 27.7 Å². The van der Waals surface area contributed by atoms with E-state index in [1.165, 1.54) is 6.42 Å². The van der Waals surface area contributed by atoms with Gasteiger partial charge >= 0.3 is 5.97 Å². The van der Waals surface area contributed by atoms with E-state index in [2.05, 4.69) is 27.7 Å². The van der Waals surface area contributed by atoms with Gasteiger partial charge in [0.15, 0.2) is 0 Å². The smallest absolute Gasteiger partial charge is 0.309 e. The van der Waals surface area contributed by atoms with Crippen LogP contribution < -0.4 is 0 Å². The Hall–Kier alpha value is -0.530. The second kappa shape index (κ2) is 2.83. The van der Waals surface area contributed by atoms with Crippen molar-refractivity contribution in [1.29, 1.82) is 0 Å². The quantitative estimate of drug-likeness (QED) is 0.589. The van der Waals surface area contributed by atoms with Crippen LogP contribution in [0.1, 0.15) is 47.0 Å². The highest BCUT2D eigenvalue weighted by atomic mass is 16.5. The molecule has 90 valence electrons. The lowest BCUT2D eigenvalue weighted by Gasteiger charge is -2.63. The van der Waals surface area contributed by atoms with Gasteiger partial charge in [-0.25, -0.2) is 0 Å². The molecular formula is C14H22O2. The van der Waals surface area contributed by atoms with E-state index in [4.69, 9.17) is 4.74 Å². The number of hydrogen-bond acceptors (Lipinski definition) is 2. The van der Waals surface area contributed by atoms with Crippen LogP contribution in [0.15, 0.2) is 0 Å². The lowest BCUT2D eigenvalue weighted by Crippen LogP contribution is -2.61. The van der Waals surface area contributed by atoms with E-state index >= 15 is 0 Å². The molecule has 3 rings (SSSR count). The zero-order valence-corrected chi connectivity index (χ0v) is 10.7. The maximum atomic E-state index is 11.9. The van der Waals surface area contributed by atoms with Crippen molar-refractivity contribution in [3.8, 4) is 0 Å². The van der Waals surface area contributed by atoms with Gasteiger partial charge in [0.1, 0.15) is 6.10 Å². The molecule has 1 saturated heterocycles. The third kappa shape index (κ3) is 1.06. The summed E-state index contributed by atoms with van der Waals surface area (Å²) in [5.74, 6) is 1.38. The van der Waals surface area contributed by atoms with Crippen LogP contribution in [0.25, 0.3) is 0 Å². The molecule has 0 aromatic carbocycles. The highest BCUT2D eigenvalue weighted by Gasteiger charge is 2.61. The first kappa shape index (κ1) is 10.6. The molecule has 0 aromatic rings. The number of hydrogen-bond donors (Lipinski definition) is 0. The third-order valence-corrected chi connectivity index (χ3v) is 6.23. The molecule has 0 aromatic heterocycles. The Labute approximate surface area is 97.7 Å². The van der Waals surface area contributed by atoms with Gasteiger partial charge < -0.3 is 4.74 Å². The molecule has 2 nitrogen and oxygen atoms in total. The molecule has 3 fully saturated rings. The molecule has 2 heteroatoms. The van der Waals surface area contributed by atoms with Gasteiger partial charge in [-0.3, -0.25) is 4.79 Å². The standard InChI is InChI=1S/C14H22O2/c1-8-11-9-5-10(12(15)16-11)7-14(4,6-9)13(8,2)3/h8-11H,5-7H2,1-4H3. The first-order valence-electron chi connectivity index (χ1n) is 6.56. The molecule has 3 aliphatic rings. The van der Waals surface area contributed by atoms with Crippen molar-refractivity contribution >= 4 is 5.97 Å². The zero-order valence-electron chi connectivity index (χ0n) is 10.7. The minimum atomic E-state index is 0.0783. The van der Waals surface area contributed by atoms with Gasteiger partial charge in [-0.2, -0.15) is 0 Å². The molecule has 1 heterocycles. The van der Waals surface area contributed by atoms with Crippen LogP contribution in [0.5, 0.6) is 0 Å². The Morgan fingerprint density at radius 1 is 1.25 bits per heavy atom. The number of carbonyl (C=O) groups is 1. The van der Waals surface area contributed by atoms with E-state index in [1.807, 2.05) is 0 Å². The first-order chi connectivity index (χ1) is 7.35. The molecule has 5 unspecified atom stereocenters. The van der Waals surface area contributed by atoms with Crippen LogP contribution in [-0.2, 0) is 9.53 Å². The van der Waals surface area contributed by atoms with E-state index in [1.54, 1.807) is 0 Å². The summed E-state index contributed by atoms with van der Waals surface area (Å²) < 4.78 is 5.69. The second-order valence-corrected chi connectivity index (χ2v) is 7.07. The SMILES string of the molecule is CC1C2OC(=O)C3CC2CC(C)(C3)C1(C)C. The summed E-state index contributed by atoms with van der Waals surface area (Å²) in [5, 5.41) is 0. The van der Waals surface area contributed by atoms with Crippen molar-refractivity contribution < 1.29 is 9.53 Å². The van der Waals surface area contributed by atoms with Crippen molar-refractivity contribution in [2.45, 2.75) is 53.1 Å². The zero-order chi connectivity index (χ0) is 11.7. The Kier molecular flexibility index (Phi) is 1.88. The number of esters is 1. The highest BCUT2D eigenvalue weighted by molar-refractivity contribution is 5.74. The Bertz CT molecular complexity index is 347. The summed E-state index contributed by atoms with van der Waals surface area (Å²) in [5.41, 5.74) is 0.615. The van der Waals surface area contributed by atoms with E-state index in [0.717, 1.165) is 12.8 Å². The third-order valence-electron chi connectivity index (χ3n) is 6.23. The molecule has 16 heavy (non-hydrogen) atoms. The monoisotopic (exact) mass is 222 g/mol. The highest BCUT2D eigenvalue weighted by Crippen LogP contribution is 2.64. The van der Waals surface area contributed by atoms with Crippen LogP contribution in [0.2, 0.25) is 0 Å². The largest absolute Gasteiger partial charge is 0.462 e. The first-order valence-corrected chi connectivity index (χ1v) is 6.56. The summed E-state index contributed by atoms with van der Waals surface area (Å²) in [6, 6.07) is 0. The fraction of sp³-hybridized carbons (Fsp3) is 0.929. The van der Waals surface area contributed by atoms with Crippen molar-refractivity contribution in [1.82, 2.24) is 0 Å². The Morgan fingerprint density at radius 3 is 2.62 bits per heavy atom. The summed E-state index contributed by atoms with van der Waals surface area (Å²) in [7, 11) is 0. The average molecular weight is 222 g/mol. The normalized spacial score (nSPS) is 53.6. The molecule has 5 atom stereocenters. The second-order valence-electron chi connectivity index (χ2n) is 7.07. The van der Waals surface area contributed by atoms with Crippen molar-refractivity contribution in [3.05, 3.63) is 0 Å². The average Bonchev–Trinajstić information content (AvgIpc) is 2.20. The van der Waals surface area contributed by atoms with E-state index in [-0.39, 0.29) is 23.4 Å². The van der Waals surface area contributed by atoms with Crippen LogP contribution in [0.4, 0.5) is 0 Å². The summed E-state index contributed by atoms with van der Waals surface area (Å²) in [4.78, 5) is 11.9. The van der Waals surface area contributed by atoms with Crippen molar-refractivity contribution in [3.63, 3.8) is 0 Å². The molecular weight excluding hydrogens is 200 g/mol. The molecule has 0 radical (unpaired) electrons. The van der Waals surface area contributed by atoms with E-state index in [9.17, 15) is 4.79 Å². The molecule has 0 amide bonds. The molecule has 2 saturated carbocycles. The topological polar surface area (TPSA) is 26.3 Å². The fourth-order valence-electron chi connectivity index (χ4n) is 4.49. The predicted octanol–water partition coefficient (Wildman–Crippen LogP) is 3.01. The summed E-state index contributed by atoms with van der Waals surface area (Å²) in [6.07, 6.45) is 3.55. The van der Waals surface area contributed by atoms with Crippen LogP contribution in [0.3, 0.4) is 0 Å². The Morgan fingerprint density at radius 2 is 1.94 bits per heavy atom. The van der Waals surface area contributed by atoms with Crippen molar-refractivity contribution in [2.75, 3.05) is 0 Å². The minimum absolute atomic E-state index is 0.0783. The lowest BCUT2D eigenvalue weighted by atomic mass is 9.45. The van der Waals surface area contributed by atoms with Gasteiger partial charge in [0, 0.05) is 0 Å². The Balaban J connectivity index is 2.07. The number of rotatable bonds is 0. The van der Waals surface area contributed by atoms with Crippen LogP contribution in [0, 0.1) is 28.6 Å². The van der Waals surface area contributed by atoms with E-state index < -0.39 is 0 Å². The number of fused-ring (bicyclic) bond motifs is 2. The molecule has 0 spiro atoms. The van der Waals surface area contributed by atoms with E-state index in [0.29, 0.717) is 17.3 Å². The van der Waals surface area contributed by atoms with Crippen molar-refractivity contribution in [2.24, 2.45) is 28.6 Å². The van der Waals surface area contributed by atoms with Gasteiger partial charge in [-0.15, -0.1) is 0 Å². The maximum absolute atomic E-state index is 11.9. The van der Waals surface area contributed by atoms with Gasteiger partial charge in [0.2, 0.25) is 0 Å². The van der Waals surface area contributed by atoms with Gasteiger partial charge in [0.05, 0.1) is 5.92 Å². The molecule has 2 aliphatic carbocycles. The number of carbonyl (C=O) groups excluding carboxylic acids is 1. The van der Waals surface area contributed by atoms with Crippen LogP contribution in [-0.4, -0.2) is 12.1 Å². The molecule has 3 bridgehead atoms. The summed E-state index contributed by atoms with van der Waals surface area (Å²) in [6.45, 7) is 9.39. The van der Waals surface area contributed by atoms with Crippen LogP contribution >= 0.6 is 0 Å². The maximum Gasteiger partial charge on any atom is 0.309 e. The van der Waals surface area contributed by atoms with Gasteiger partial charge in [0.25, 0.3) is 0 Å². The molecule has 1 aliphatic heterocycles. The molecule has 0 N–H and O–H groups in total. The fourth-order valence-corrected chi connectivity index (χ4v) is 4.49. The summed E-state index contributed by atoms with van der Waals surface area (Å²) >= 11 is 0. The lowest BCUT2D eigenvalue weighted by molar-refractivity contribution is -0.221. The predicted molar refractivity (Wildman–Crippen MR) is 61.8 cm³/mol. The number of ether oxygens (including phenoxy) is 1.